The Hall–Kier alpha value is -2.81. The van der Waals surface area contributed by atoms with Gasteiger partial charge in [-0.25, -0.2) is 18.9 Å². The SMILES string of the molecule is CCN(Cc1ccccc1)C(=O)Cn1nc2c(N3CCSCC3)nccn2c1=O. The highest BCUT2D eigenvalue weighted by atomic mass is 32.2. The molecule has 0 radical (unpaired) electrons. The molecule has 8 nitrogen and oxygen atoms in total. The van der Waals surface area contributed by atoms with Crippen LogP contribution in [0.3, 0.4) is 0 Å². The van der Waals surface area contributed by atoms with Crippen LogP contribution in [0.4, 0.5) is 5.82 Å². The summed E-state index contributed by atoms with van der Waals surface area (Å²) in [7, 11) is 0. The lowest BCUT2D eigenvalue weighted by Gasteiger charge is -2.27. The number of benzene rings is 1. The molecule has 0 N–H and O–H groups in total. The number of rotatable bonds is 6. The van der Waals surface area contributed by atoms with Crippen molar-refractivity contribution in [3.63, 3.8) is 0 Å². The zero-order chi connectivity index (χ0) is 20.2. The summed E-state index contributed by atoms with van der Waals surface area (Å²) in [4.78, 5) is 34.0. The van der Waals surface area contributed by atoms with Gasteiger partial charge in [0.25, 0.3) is 0 Å². The summed E-state index contributed by atoms with van der Waals surface area (Å²) in [6.45, 7) is 4.67. The second kappa shape index (κ2) is 8.69. The Balaban J connectivity index is 1.58. The molecule has 9 heteroatoms. The normalized spacial score (nSPS) is 14.3. The monoisotopic (exact) mass is 412 g/mol. The molecule has 29 heavy (non-hydrogen) atoms. The topological polar surface area (TPSA) is 75.7 Å². The number of carbonyl (C=O) groups is 1. The summed E-state index contributed by atoms with van der Waals surface area (Å²) in [5.74, 6) is 2.62. The van der Waals surface area contributed by atoms with Crippen molar-refractivity contribution in [1.29, 1.82) is 0 Å². The molecule has 4 rings (SSSR count). The first-order valence-corrected chi connectivity index (χ1v) is 10.9. The van der Waals surface area contributed by atoms with Crippen LogP contribution < -0.4 is 10.6 Å². The van der Waals surface area contributed by atoms with Crippen molar-refractivity contribution in [3.8, 4) is 0 Å². The summed E-state index contributed by atoms with van der Waals surface area (Å²) in [5, 5.41) is 4.46. The molecule has 0 bridgehead atoms. The van der Waals surface area contributed by atoms with Crippen molar-refractivity contribution in [2.24, 2.45) is 0 Å². The van der Waals surface area contributed by atoms with E-state index in [1.165, 1.54) is 9.08 Å². The average Bonchev–Trinajstić information content (AvgIpc) is 3.08. The highest BCUT2D eigenvalue weighted by Crippen LogP contribution is 2.20. The smallest absolute Gasteiger partial charge is 0.350 e. The van der Waals surface area contributed by atoms with Gasteiger partial charge in [-0.1, -0.05) is 30.3 Å². The van der Waals surface area contributed by atoms with E-state index in [4.69, 9.17) is 0 Å². The lowest BCUT2D eigenvalue weighted by molar-refractivity contribution is -0.132. The van der Waals surface area contributed by atoms with Gasteiger partial charge in [0.1, 0.15) is 6.54 Å². The lowest BCUT2D eigenvalue weighted by Crippen LogP contribution is -2.36. The largest absolute Gasteiger partial charge is 0.352 e. The third-order valence-electron chi connectivity index (χ3n) is 5.03. The van der Waals surface area contributed by atoms with Gasteiger partial charge < -0.3 is 9.80 Å². The van der Waals surface area contributed by atoms with Crippen LogP contribution in [0.1, 0.15) is 12.5 Å². The van der Waals surface area contributed by atoms with Gasteiger partial charge in [0.05, 0.1) is 0 Å². The van der Waals surface area contributed by atoms with Crippen LogP contribution >= 0.6 is 11.8 Å². The van der Waals surface area contributed by atoms with Crippen molar-refractivity contribution in [3.05, 3.63) is 58.8 Å². The number of thioether (sulfide) groups is 1. The van der Waals surface area contributed by atoms with Crippen LogP contribution in [-0.4, -0.2) is 61.1 Å². The molecule has 0 atom stereocenters. The first-order chi connectivity index (χ1) is 14.2. The second-order valence-corrected chi connectivity index (χ2v) is 8.10. The zero-order valence-electron chi connectivity index (χ0n) is 16.4. The molecule has 0 saturated carbocycles. The summed E-state index contributed by atoms with van der Waals surface area (Å²) in [5.41, 5.74) is 1.24. The maximum atomic E-state index is 12.9. The predicted molar refractivity (Wildman–Crippen MR) is 114 cm³/mol. The Morgan fingerprint density at radius 1 is 1.21 bits per heavy atom. The second-order valence-electron chi connectivity index (χ2n) is 6.88. The third kappa shape index (κ3) is 4.14. The molecule has 1 aliphatic rings. The van der Waals surface area contributed by atoms with Gasteiger partial charge in [0.15, 0.2) is 5.82 Å². The van der Waals surface area contributed by atoms with Crippen LogP contribution in [0.5, 0.6) is 0 Å². The average molecular weight is 413 g/mol. The Kier molecular flexibility index (Phi) is 5.84. The van der Waals surface area contributed by atoms with Crippen LogP contribution in [0, 0.1) is 0 Å². The molecule has 1 aliphatic heterocycles. The summed E-state index contributed by atoms with van der Waals surface area (Å²) >= 11 is 1.91. The molecule has 0 unspecified atom stereocenters. The fourth-order valence-corrected chi connectivity index (χ4v) is 4.35. The van der Waals surface area contributed by atoms with Crippen molar-refractivity contribution in [2.45, 2.75) is 20.0 Å². The van der Waals surface area contributed by atoms with E-state index in [1.54, 1.807) is 17.3 Å². The number of amides is 1. The summed E-state index contributed by atoms with van der Waals surface area (Å²) in [6, 6.07) is 9.83. The number of anilines is 1. The number of likely N-dealkylation sites (N-methyl/N-ethyl adjacent to an activating group) is 1. The van der Waals surface area contributed by atoms with E-state index in [9.17, 15) is 9.59 Å². The number of nitrogens with zero attached hydrogens (tertiary/aromatic N) is 6. The minimum absolute atomic E-state index is 0.0868. The van der Waals surface area contributed by atoms with Gasteiger partial charge in [-0.05, 0) is 12.5 Å². The number of hydrogen-bond acceptors (Lipinski definition) is 6. The Morgan fingerprint density at radius 2 is 1.97 bits per heavy atom. The third-order valence-corrected chi connectivity index (χ3v) is 5.97. The first-order valence-electron chi connectivity index (χ1n) is 9.76. The van der Waals surface area contributed by atoms with Gasteiger partial charge in [-0.2, -0.15) is 11.8 Å². The van der Waals surface area contributed by atoms with E-state index in [0.29, 0.717) is 24.6 Å². The van der Waals surface area contributed by atoms with Crippen LogP contribution in [0.2, 0.25) is 0 Å². The van der Waals surface area contributed by atoms with E-state index in [-0.39, 0.29) is 18.1 Å². The lowest BCUT2D eigenvalue weighted by atomic mass is 10.2. The molecule has 1 fully saturated rings. The van der Waals surface area contributed by atoms with Gasteiger partial charge in [-0.15, -0.1) is 5.10 Å². The van der Waals surface area contributed by atoms with Crippen molar-refractivity contribution in [2.75, 3.05) is 36.0 Å². The van der Waals surface area contributed by atoms with Crippen molar-refractivity contribution < 1.29 is 4.79 Å². The quantitative estimate of drug-likeness (QED) is 0.611. The van der Waals surface area contributed by atoms with E-state index < -0.39 is 0 Å². The number of aromatic nitrogens is 4. The van der Waals surface area contributed by atoms with Gasteiger partial charge in [0.2, 0.25) is 11.6 Å². The fraction of sp³-hybridized carbons (Fsp3) is 0.400. The molecule has 3 heterocycles. The Labute approximate surface area is 173 Å². The standard InChI is InChI=1S/C20H24N6O2S/c1-2-23(14-16-6-4-3-5-7-16)17(27)15-26-20(28)25-9-8-21-18(19(25)22-26)24-10-12-29-13-11-24/h3-9H,2,10-15H2,1H3. The molecule has 3 aromatic rings. The van der Waals surface area contributed by atoms with Gasteiger partial charge >= 0.3 is 5.69 Å². The molecule has 2 aromatic heterocycles. The van der Waals surface area contributed by atoms with Gasteiger partial charge in [-0.3, -0.25) is 4.79 Å². The predicted octanol–water partition coefficient (Wildman–Crippen LogP) is 1.49. The number of fused-ring (bicyclic) bond motifs is 1. The Bertz CT molecular complexity index is 1040. The minimum Gasteiger partial charge on any atom is -0.352 e. The summed E-state index contributed by atoms with van der Waals surface area (Å²) in [6.07, 6.45) is 3.22. The molecule has 1 amide bonds. The maximum Gasteiger partial charge on any atom is 0.350 e. The number of carbonyl (C=O) groups excluding carboxylic acids is 1. The molecular formula is C20H24N6O2S. The first kappa shape index (κ1) is 19.5. The van der Waals surface area contributed by atoms with E-state index in [1.807, 2.05) is 49.0 Å². The van der Waals surface area contributed by atoms with Crippen LogP contribution in [0.15, 0.2) is 47.5 Å². The number of hydrogen-bond donors (Lipinski definition) is 0. The molecule has 1 saturated heterocycles. The van der Waals surface area contributed by atoms with Crippen molar-refractivity contribution >= 4 is 29.1 Å². The summed E-state index contributed by atoms with van der Waals surface area (Å²) < 4.78 is 2.72. The van der Waals surface area contributed by atoms with Crippen LogP contribution in [-0.2, 0) is 17.9 Å². The van der Waals surface area contributed by atoms with Gasteiger partial charge in [0, 0.05) is 50.1 Å². The van der Waals surface area contributed by atoms with Crippen LogP contribution in [0.25, 0.3) is 5.65 Å². The van der Waals surface area contributed by atoms with E-state index in [2.05, 4.69) is 15.0 Å². The Morgan fingerprint density at radius 3 is 2.69 bits per heavy atom. The highest BCUT2D eigenvalue weighted by molar-refractivity contribution is 7.99. The van der Waals surface area contributed by atoms with E-state index >= 15 is 0 Å². The molecule has 152 valence electrons. The maximum absolute atomic E-state index is 12.9. The molecule has 0 aliphatic carbocycles. The molecule has 1 aromatic carbocycles. The molecule has 0 spiro atoms. The highest BCUT2D eigenvalue weighted by Gasteiger charge is 2.21. The fourth-order valence-electron chi connectivity index (χ4n) is 3.44. The minimum atomic E-state index is -0.320. The van der Waals surface area contributed by atoms with E-state index in [0.717, 1.165) is 30.2 Å². The molecular weight excluding hydrogens is 388 g/mol. The zero-order valence-corrected chi connectivity index (χ0v) is 17.2. The van der Waals surface area contributed by atoms with Crippen molar-refractivity contribution in [1.82, 2.24) is 24.1 Å².